The van der Waals surface area contributed by atoms with Crippen molar-refractivity contribution in [2.24, 2.45) is 0 Å². The molecule has 0 aliphatic carbocycles. The van der Waals surface area contributed by atoms with Gasteiger partial charge in [0, 0.05) is 39.6 Å². The number of carbonyl (C=O) groups excluding carboxylic acids is 2. The zero-order valence-electron chi connectivity index (χ0n) is 25.2. The molecule has 0 aliphatic heterocycles. The number of benzene rings is 4. The maximum absolute atomic E-state index is 14.5. The molecule has 0 aliphatic rings. The van der Waals surface area contributed by atoms with Crippen LogP contribution in [0.1, 0.15) is 30.0 Å². The molecule has 0 fully saturated rings. The van der Waals surface area contributed by atoms with Crippen molar-refractivity contribution in [2.45, 2.75) is 44.2 Å². The number of rotatable bonds is 13. The van der Waals surface area contributed by atoms with E-state index in [0.717, 1.165) is 15.4 Å². The molecule has 1 atom stereocenters. The Labute approximate surface area is 290 Å². The van der Waals surface area contributed by atoms with Crippen molar-refractivity contribution in [3.63, 3.8) is 0 Å². The lowest BCUT2D eigenvalue weighted by Crippen LogP contribution is -2.53. The summed E-state index contributed by atoms with van der Waals surface area (Å²) < 4.78 is 29.3. The highest BCUT2D eigenvalue weighted by atomic mass is 35.5. The Morgan fingerprint density at radius 3 is 2.09 bits per heavy atom. The standard InChI is InChI=1S/C34H33Cl4N3O4S/c1-3-15-39-34(43)32(16-24-7-5-4-6-8-24)40(21-25-11-12-26(35)20-31(25)38)33(42)22-41(29-18-27(36)17-28(37)19-29)46(44,45)30-13-9-23(2)10-14-30/h4-14,17-20,32H,3,15-16,21-22H2,1-2H3,(H,39,43)/t32-/m0/s1. The van der Waals surface area contributed by atoms with Crippen molar-refractivity contribution in [1.82, 2.24) is 10.2 Å². The SMILES string of the molecule is CCCNC(=O)[C@H](Cc1ccccc1)N(Cc1ccc(Cl)cc1Cl)C(=O)CN(c1cc(Cl)cc(Cl)c1)S(=O)(=O)c1ccc(C)cc1. The third kappa shape index (κ3) is 9.17. The number of nitrogens with zero attached hydrogens (tertiary/aromatic N) is 2. The zero-order chi connectivity index (χ0) is 33.4. The number of nitrogens with one attached hydrogen (secondary N) is 1. The van der Waals surface area contributed by atoms with E-state index in [1.165, 1.54) is 35.2 Å². The summed E-state index contributed by atoms with van der Waals surface area (Å²) in [5.74, 6) is -1.03. The van der Waals surface area contributed by atoms with Crippen molar-refractivity contribution in [3.8, 4) is 0 Å². The molecule has 0 radical (unpaired) electrons. The van der Waals surface area contributed by atoms with E-state index in [4.69, 9.17) is 46.4 Å². The number of halogens is 4. The van der Waals surface area contributed by atoms with Gasteiger partial charge in [0.25, 0.3) is 10.0 Å². The molecule has 0 unspecified atom stereocenters. The van der Waals surface area contributed by atoms with Crippen LogP contribution in [0.2, 0.25) is 20.1 Å². The van der Waals surface area contributed by atoms with Gasteiger partial charge in [-0.1, -0.05) is 107 Å². The molecule has 7 nitrogen and oxygen atoms in total. The van der Waals surface area contributed by atoms with Crippen LogP contribution in [-0.4, -0.2) is 44.3 Å². The predicted octanol–water partition coefficient (Wildman–Crippen LogP) is 7.97. The molecular weight excluding hydrogens is 688 g/mol. The maximum atomic E-state index is 14.5. The van der Waals surface area contributed by atoms with Gasteiger partial charge < -0.3 is 10.2 Å². The third-order valence-corrected chi connectivity index (χ3v) is 10.0. The lowest BCUT2D eigenvalue weighted by Gasteiger charge is -2.34. The van der Waals surface area contributed by atoms with Gasteiger partial charge in [0.1, 0.15) is 12.6 Å². The van der Waals surface area contributed by atoms with E-state index in [9.17, 15) is 18.0 Å². The lowest BCUT2D eigenvalue weighted by molar-refractivity contribution is -0.140. The topological polar surface area (TPSA) is 86.8 Å². The molecule has 0 saturated heterocycles. The van der Waals surface area contributed by atoms with Gasteiger partial charge >= 0.3 is 0 Å². The van der Waals surface area contributed by atoms with Crippen molar-refractivity contribution in [2.75, 3.05) is 17.4 Å². The first-order chi connectivity index (χ1) is 21.9. The molecule has 0 heterocycles. The highest BCUT2D eigenvalue weighted by Crippen LogP contribution is 2.31. The van der Waals surface area contributed by atoms with Crippen LogP contribution in [0.3, 0.4) is 0 Å². The number of hydrogen-bond acceptors (Lipinski definition) is 4. The third-order valence-electron chi connectivity index (χ3n) is 7.20. The molecule has 0 saturated carbocycles. The second kappa shape index (κ2) is 16.0. The molecule has 0 aromatic heterocycles. The fourth-order valence-electron chi connectivity index (χ4n) is 4.80. The van der Waals surface area contributed by atoms with E-state index in [1.54, 1.807) is 30.3 Å². The summed E-state index contributed by atoms with van der Waals surface area (Å²) in [6.45, 7) is 3.39. The van der Waals surface area contributed by atoms with Gasteiger partial charge in [0.2, 0.25) is 11.8 Å². The van der Waals surface area contributed by atoms with Crippen molar-refractivity contribution in [1.29, 1.82) is 0 Å². The average Bonchev–Trinajstić information content (AvgIpc) is 3.01. The fraction of sp³-hybridized carbons (Fsp3) is 0.235. The summed E-state index contributed by atoms with van der Waals surface area (Å²) in [6.07, 6.45) is 0.847. The molecule has 4 aromatic carbocycles. The number of sulfonamides is 1. The zero-order valence-corrected chi connectivity index (χ0v) is 29.1. The quantitative estimate of drug-likeness (QED) is 0.152. The van der Waals surface area contributed by atoms with Gasteiger partial charge in [0.05, 0.1) is 10.6 Å². The van der Waals surface area contributed by atoms with Gasteiger partial charge in [0.15, 0.2) is 0 Å². The Bertz CT molecular complexity index is 1770. The largest absolute Gasteiger partial charge is 0.354 e. The van der Waals surface area contributed by atoms with Crippen LogP contribution in [0.25, 0.3) is 0 Å². The summed E-state index contributed by atoms with van der Waals surface area (Å²) in [5.41, 5.74) is 2.29. The Balaban J connectivity index is 1.84. The van der Waals surface area contributed by atoms with Gasteiger partial charge in [-0.3, -0.25) is 13.9 Å². The number of amides is 2. The van der Waals surface area contributed by atoms with E-state index in [2.05, 4.69) is 5.32 Å². The second-order valence-corrected chi connectivity index (χ2v) is 14.3. The Hall–Kier alpha value is -3.27. The van der Waals surface area contributed by atoms with Gasteiger partial charge in [-0.25, -0.2) is 8.42 Å². The second-order valence-electron chi connectivity index (χ2n) is 10.7. The fourth-order valence-corrected chi connectivity index (χ4v) is 7.18. The summed E-state index contributed by atoms with van der Waals surface area (Å²) in [6, 6.07) is 23.7. The Morgan fingerprint density at radius 1 is 0.826 bits per heavy atom. The minimum Gasteiger partial charge on any atom is -0.354 e. The molecular formula is C34H33Cl4N3O4S. The van der Waals surface area contributed by atoms with Gasteiger partial charge in [-0.15, -0.1) is 0 Å². The smallest absolute Gasteiger partial charge is 0.264 e. The van der Waals surface area contributed by atoms with Crippen LogP contribution in [0.15, 0.2) is 95.9 Å². The number of carbonyl (C=O) groups is 2. The number of hydrogen-bond donors (Lipinski definition) is 1. The molecule has 46 heavy (non-hydrogen) atoms. The first kappa shape index (κ1) is 35.6. The summed E-state index contributed by atoms with van der Waals surface area (Å²) in [5, 5.41) is 3.97. The molecule has 1 N–H and O–H groups in total. The monoisotopic (exact) mass is 719 g/mol. The first-order valence-electron chi connectivity index (χ1n) is 14.5. The van der Waals surface area contributed by atoms with E-state index >= 15 is 0 Å². The molecule has 4 rings (SSSR count). The molecule has 0 spiro atoms. The average molecular weight is 722 g/mol. The van der Waals surface area contributed by atoms with E-state index < -0.39 is 28.5 Å². The molecule has 242 valence electrons. The molecule has 12 heteroatoms. The normalized spacial score (nSPS) is 12.0. The highest BCUT2D eigenvalue weighted by molar-refractivity contribution is 7.92. The van der Waals surface area contributed by atoms with Crippen molar-refractivity contribution in [3.05, 3.63) is 128 Å². The van der Waals surface area contributed by atoms with Crippen LogP contribution in [-0.2, 0) is 32.6 Å². The molecule has 4 aromatic rings. The first-order valence-corrected chi connectivity index (χ1v) is 17.4. The van der Waals surface area contributed by atoms with E-state index in [-0.39, 0.29) is 39.5 Å². The van der Waals surface area contributed by atoms with Gasteiger partial charge in [-0.2, -0.15) is 0 Å². The predicted molar refractivity (Wildman–Crippen MR) is 186 cm³/mol. The Kier molecular flexibility index (Phi) is 12.4. The van der Waals surface area contributed by atoms with Crippen LogP contribution in [0.4, 0.5) is 5.69 Å². The number of aryl methyl sites for hydroxylation is 1. The minimum absolute atomic E-state index is 0.0316. The van der Waals surface area contributed by atoms with E-state index in [1.807, 2.05) is 44.2 Å². The van der Waals surface area contributed by atoms with Crippen LogP contribution in [0.5, 0.6) is 0 Å². The molecule has 0 bridgehead atoms. The van der Waals surface area contributed by atoms with Gasteiger partial charge in [-0.05, 0) is 66.9 Å². The lowest BCUT2D eigenvalue weighted by atomic mass is 10.0. The van der Waals surface area contributed by atoms with Crippen molar-refractivity contribution >= 4 is 73.9 Å². The summed E-state index contributed by atoms with van der Waals surface area (Å²) >= 11 is 25.3. The Morgan fingerprint density at radius 2 is 1.48 bits per heavy atom. The van der Waals surface area contributed by atoms with Crippen LogP contribution in [0, 0.1) is 6.92 Å². The molecule has 2 amide bonds. The minimum atomic E-state index is -4.31. The highest BCUT2D eigenvalue weighted by Gasteiger charge is 2.35. The number of anilines is 1. The van der Waals surface area contributed by atoms with Crippen LogP contribution < -0.4 is 9.62 Å². The maximum Gasteiger partial charge on any atom is 0.264 e. The summed E-state index contributed by atoms with van der Waals surface area (Å²) in [7, 11) is -4.31. The van der Waals surface area contributed by atoms with E-state index in [0.29, 0.717) is 28.6 Å². The summed E-state index contributed by atoms with van der Waals surface area (Å²) in [4.78, 5) is 29.6. The van der Waals surface area contributed by atoms with Crippen molar-refractivity contribution < 1.29 is 18.0 Å². The van der Waals surface area contributed by atoms with Crippen LogP contribution >= 0.6 is 46.4 Å².